The number of amides is 2. The number of nitrogens with one attached hydrogen (secondary N) is 1. The summed E-state index contributed by atoms with van der Waals surface area (Å²) in [5, 5.41) is 2.90. The highest BCUT2D eigenvalue weighted by Crippen LogP contribution is 2.21. The normalized spacial score (nSPS) is 17.0. The number of carbonyl (C=O) groups is 2. The zero-order chi connectivity index (χ0) is 17.5. The van der Waals surface area contributed by atoms with Gasteiger partial charge in [0.2, 0.25) is 11.8 Å². The predicted octanol–water partition coefficient (Wildman–Crippen LogP) is 2.31. The van der Waals surface area contributed by atoms with Crippen LogP contribution in [0.1, 0.15) is 11.1 Å². The van der Waals surface area contributed by atoms with E-state index in [1.54, 1.807) is 35.1 Å². The zero-order valence-corrected chi connectivity index (χ0v) is 14.5. The number of pyridine rings is 1. The topological polar surface area (TPSA) is 62.3 Å². The van der Waals surface area contributed by atoms with E-state index in [0.29, 0.717) is 18.2 Å². The average molecular weight is 353 g/mol. The van der Waals surface area contributed by atoms with Crippen LogP contribution in [0.5, 0.6) is 0 Å². The summed E-state index contributed by atoms with van der Waals surface area (Å²) in [5.74, 6) is 0.888. The molecule has 2 amide bonds. The van der Waals surface area contributed by atoms with Gasteiger partial charge in [0.05, 0.1) is 5.88 Å². The minimum absolute atomic E-state index is 0.122. The molecule has 0 bridgehead atoms. The molecule has 128 valence electrons. The highest BCUT2D eigenvalue weighted by atomic mass is 32.2. The van der Waals surface area contributed by atoms with E-state index in [-0.39, 0.29) is 11.8 Å². The van der Waals surface area contributed by atoms with Crippen LogP contribution in [0.25, 0.3) is 6.08 Å². The van der Waals surface area contributed by atoms with Crippen LogP contribution in [0, 0.1) is 0 Å². The van der Waals surface area contributed by atoms with E-state index >= 15 is 0 Å². The molecule has 25 heavy (non-hydrogen) atoms. The Morgan fingerprint density at radius 2 is 1.96 bits per heavy atom. The number of thioether (sulfide) groups is 1. The van der Waals surface area contributed by atoms with Gasteiger partial charge in [-0.2, -0.15) is 0 Å². The summed E-state index contributed by atoms with van der Waals surface area (Å²) in [7, 11) is 0. The molecule has 1 aliphatic rings. The van der Waals surface area contributed by atoms with Gasteiger partial charge in [-0.15, -0.1) is 11.8 Å². The fourth-order valence-corrected chi connectivity index (χ4v) is 3.68. The molecule has 0 aliphatic carbocycles. The minimum Gasteiger partial charge on any atom is -0.350 e. The highest BCUT2D eigenvalue weighted by Gasteiger charge is 2.33. The van der Waals surface area contributed by atoms with E-state index in [0.717, 1.165) is 11.1 Å². The molecule has 1 aromatic carbocycles. The Balaban J connectivity index is 1.58. The van der Waals surface area contributed by atoms with Gasteiger partial charge in [0.1, 0.15) is 6.04 Å². The molecule has 1 N–H and O–H groups in total. The number of hydrogen-bond acceptors (Lipinski definition) is 4. The molecule has 3 rings (SSSR count). The van der Waals surface area contributed by atoms with Crippen molar-refractivity contribution < 1.29 is 9.59 Å². The number of rotatable bonds is 5. The Morgan fingerprint density at radius 1 is 1.20 bits per heavy atom. The van der Waals surface area contributed by atoms with Crippen molar-refractivity contribution >= 4 is 29.7 Å². The quantitative estimate of drug-likeness (QED) is 0.838. The third-order valence-electron chi connectivity index (χ3n) is 3.90. The van der Waals surface area contributed by atoms with Crippen molar-refractivity contribution in [2.24, 2.45) is 0 Å². The molecule has 1 fully saturated rings. The predicted molar refractivity (Wildman–Crippen MR) is 99.5 cm³/mol. The van der Waals surface area contributed by atoms with Crippen molar-refractivity contribution in [2.45, 2.75) is 12.6 Å². The Labute approximate surface area is 151 Å². The number of nitrogens with zero attached hydrogens (tertiary/aromatic N) is 2. The molecule has 1 saturated heterocycles. The van der Waals surface area contributed by atoms with Gasteiger partial charge in [-0.05, 0) is 29.3 Å². The molecule has 1 unspecified atom stereocenters. The first kappa shape index (κ1) is 17.2. The van der Waals surface area contributed by atoms with E-state index in [2.05, 4.69) is 10.3 Å². The summed E-state index contributed by atoms with van der Waals surface area (Å²) in [4.78, 5) is 30.5. The van der Waals surface area contributed by atoms with Gasteiger partial charge in [0, 0.05) is 30.8 Å². The van der Waals surface area contributed by atoms with Gasteiger partial charge in [0.25, 0.3) is 0 Å². The Bertz CT molecular complexity index is 750. The second-order valence-corrected chi connectivity index (χ2v) is 6.64. The fraction of sp³-hybridized carbons (Fsp3) is 0.211. The van der Waals surface area contributed by atoms with Crippen LogP contribution >= 0.6 is 11.8 Å². The summed E-state index contributed by atoms with van der Waals surface area (Å²) >= 11 is 1.59. The first-order chi connectivity index (χ1) is 12.2. The smallest absolute Gasteiger partial charge is 0.247 e. The highest BCUT2D eigenvalue weighted by molar-refractivity contribution is 7.99. The van der Waals surface area contributed by atoms with Gasteiger partial charge in [-0.1, -0.05) is 30.3 Å². The molecule has 5 nitrogen and oxygen atoms in total. The lowest BCUT2D eigenvalue weighted by Gasteiger charge is -2.21. The largest absolute Gasteiger partial charge is 0.350 e. The van der Waals surface area contributed by atoms with Crippen LogP contribution in [0.15, 0.2) is 60.9 Å². The maximum absolute atomic E-state index is 12.4. The van der Waals surface area contributed by atoms with Crippen molar-refractivity contribution in [3.05, 3.63) is 72.1 Å². The second-order valence-electron chi connectivity index (χ2n) is 5.64. The molecule has 0 radical (unpaired) electrons. The SMILES string of the molecule is O=C(NCc1ccncc1)C1CSCN1C(=O)/C=C/c1ccccc1. The van der Waals surface area contributed by atoms with E-state index in [1.807, 2.05) is 42.5 Å². The number of hydrogen-bond donors (Lipinski definition) is 1. The molecule has 1 aliphatic heterocycles. The average Bonchev–Trinajstić information content (AvgIpc) is 3.16. The van der Waals surface area contributed by atoms with Gasteiger partial charge in [0.15, 0.2) is 0 Å². The second kappa shape index (κ2) is 8.48. The molecule has 0 saturated carbocycles. The lowest BCUT2D eigenvalue weighted by atomic mass is 10.2. The van der Waals surface area contributed by atoms with Crippen LogP contribution in [-0.4, -0.2) is 39.4 Å². The maximum atomic E-state index is 12.4. The molecular formula is C19H19N3O2S. The molecule has 1 aromatic heterocycles. The molecule has 1 atom stereocenters. The summed E-state index contributed by atoms with van der Waals surface area (Å²) in [6.45, 7) is 0.435. The zero-order valence-electron chi connectivity index (χ0n) is 13.7. The summed E-state index contributed by atoms with van der Waals surface area (Å²) in [5.41, 5.74) is 1.94. The molecular weight excluding hydrogens is 334 g/mol. The molecule has 2 aromatic rings. The van der Waals surface area contributed by atoms with Crippen LogP contribution < -0.4 is 5.32 Å². The first-order valence-electron chi connectivity index (χ1n) is 8.02. The lowest BCUT2D eigenvalue weighted by Crippen LogP contribution is -2.46. The van der Waals surface area contributed by atoms with Gasteiger partial charge < -0.3 is 10.2 Å². The van der Waals surface area contributed by atoms with E-state index in [1.165, 1.54) is 6.08 Å². The Morgan fingerprint density at radius 3 is 2.72 bits per heavy atom. The summed E-state index contributed by atoms with van der Waals surface area (Å²) in [6.07, 6.45) is 6.69. The van der Waals surface area contributed by atoms with Crippen molar-refractivity contribution in [3.63, 3.8) is 0 Å². The molecule has 2 heterocycles. The Hall–Kier alpha value is -2.60. The van der Waals surface area contributed by atoms with E-state index < -0.39 is 6.04 Å². The molecule has 6 heteroatoms. The first-order valence-corrected chi connectivity index (χ1v) is 9.17. The van der Waals surface area contributed by atoms with Crippen molar-refractivity contribution in [1.29, 1.82) is 0 Å². The van der Waals surface area contributed by atoms with Gasteiger partial charge in [-0.3, -0.25) is 14.6 Å². The third-order valence-corrected chi connectivity index (χ3v) is 4.91. The lowest BCUT2D eigenvalue weighted by molar-refractivity contribution is -0.134. The Kier molecular flexibility index (Phi) is 5.85. The van der Waals surface area contributed by atoms with Crippen LogP contribution in [0.2, 0.25) is 0 Å². The van der Waals surface area contributed by atoms with Crippen LogP contribution in [0.4, 0.5) is 0 Å². The van der Waals surface area contributed by atoms with Gasteiger partial charge >= 0.3 is 0 Å². The number of carbonyl (C=O) groups excluding carboxylic acids is 2. The van der Waals surface area contributed by atoms with E-state index in [9.17, 15) is 9.59 Å². The van der Waals surface area contributed by atoms with Crippen molar-refractivity contribution in [3.8, 4) is 0 Å². The van der Waals surface area contributed by atoms with Gasteiger partial charge in [-0.25, -0.2) is 0 Å². The maximum Gasteiger partial charge on any atom is 0.247 e. The number of aromatic nitrogens is 1. The summed E-state index contributed by atoms with van der Waals surface area (Å²) < 4.78 is 0. The third kappa shape index (κ3) is 4.70. The monoisotopic (exact) mass is 353 g/mol. The fourth-order valence-electron chi connectivity index (χ4n) is 2.51. The minimum atomic E-state index is -0.431. The number of benzene rings is 1. The summed E-state index contributed by atoms with van der Waals surface area (Å²) in [6, 6.07) is 12.9. The van der Waals surface area contributed by atoms with Crippen molar-refractivity contribution in [2.75, 3.05) is 11.6 Å². The van der Waals surface area contributed by atoms with Crippen LogP contribution in [-0.2, 0) is 16.1 Å². The standard InChI is InChI=1S/C19H19N3O2S/c23-18(7-6-15-4-2-1-3-5-15)22-14-25-13-17(22)19(24)21-12-16-8-10-20-11-9-16/h1-11,17H,12-14H2,(H,21,24)/b7-6+. The van der Waals surface area contributed by atoms with Crippen molar-refractivity contribution in [1.82, 2.24) is 15.2 Å². The van der Waals surface area contributed by atoms with E-state index in [4.69, 9.17) is 0 Å². The molecule has 0 spiro atoms. The van der Waals surface area contributed by atoms with Crippen LogP contribution in [0.3, 0.4) is 0 Å².